The van der Waals surface area contributed by atoms with Crippen molar-refractivity contribution >= 4 is 11.6 Å². The molecule has 0 spiro atoms. The fourth-order valence-corrected chi connectivity index (χ4v) is 2.67. The van der Waals surface area contributed by atoms with Crippen molar-refractivity contribution in [2.45, 2.75) is 18.9 Å². The molecule has 1 aliphatic rings. The number of halogens is 2. The van der Waals surface area contributed by atoms with Crippen LogP contribution >= 0.6 is 11.6 Å². The maximum atomic E-state index is 13.9. The van der Waals surface area contributed by atoms with Crippen molar-refractivity contribution in [1.82, 2.24) is 4.90 Å². The molecule has 0 bridgehead atoms. The molecule has 0 fully saturated rings. The van der Waals surface area contributed by atoms with Gasteiger partial charge in [0.05, 0.1) is 0 Å². The Labute approximate surface area is 100 Å². The predicted molar refractivity (Wildman–Crippen MR) is 64.2 cm³/mol. The van der Waals surface area contributed by atoms with Crippen molar-refractivity contribution in [3.8, 4) is 0 Å². The minimum absolute atomic E-state index is 0.0625. The first-order valence-electron chi connectivity index (χ1n) is 5.52. The number of rotatable bonds is 2. The molecule has 1 aliphatic heterocycles. The zero-order chi connectivity index (χ0) is 11.7. The average molecular weight is 243 g/mol. The molecule has 4 heteroatoms. The van der Waals surface area contributed by atoms with Gasteiger partial charge in [-0.1, -0.05) is 11.6 Å². The maximum absolute atomic E-state index is 13.9. The summed E-state index contributed by atoms with van der Waals surface area (Å²) in [6, 6.07) is 3.15. The number of nitrogens with zero attached hydrogens (tertiary/aromatic N) is 1. The number of benzene rings is 1. The molecule has 1 aromatic carbocycles. The summed E-state index contributed by atoms with van der Waals surface area (Å²) in [5, 5.41) is 0.673. The summed E-state index contributed by atoms with van der Waals surface area (Å²) in [7, 11) is 2.00. The highest BCUT2D eigenvalue weighted by molar-refractivity contribution is 6.31. The van der Waals surface area contributed by atoms with E-state index in [-0.39, 0.29) is 11.9 Å². The normalized spacial score (nSPS) is 20.9. The van der Waals surface area contributed by atoms with Crippen LogP contribution in [0.25, 0.3) is 0 Å². The summed E-state index contributed by atoms with van der Waals surface area (Å²) in [4.78, 5) is 2.15. The molecule has 0 saturated carbocycles. The second-order valence-corrected chi connectivity index (χ2v) is 4.65. The van der Waals surface area contributed by atoms with E-state index in [1.165, 1.54) is 6.07 Å². The minimum Gasteiger partial charge on any atom is -0.330 e. The standard InChI is InChI=1S/C12H16ClFN2/c1-16-7-5-8-9(13)2-3-10(14)12(8)11(16)4-6-15/h2-3,11H,4-7,15H2,1H3. The maximum Gasteiger partial charge on any atom is 0.128 e. The molecule has 1 heterocycles. The van der Waals surface area contributed by atoms with Crippen molar-refractivity contribution in [2.24, 2.45) is 5.73 Å². The zero-order valence-corrected chi connectivity index (χ0v) is 10.1. The van der Waals surface area contributed by atoms with Crippen LogP contribution in [0.5, 0.6) is 0 Å². The van der Waals surface area contributed by atoms with Crippen LogP contribution in [-0.2, 0) is 6.42 Å². The molecule has 2 rings (SSSR count). The van der Waals surface area contributed by atoms with E-state index in [1.54, 1.807) is 6.07 Å². The molecule has 1 atom stereocenters. The van der Waals surface area contributed by atoms with Crippen molar-refractivity contribution in [3.05, 3.63) is 34.1 Å². The van der Waals surface area contributed by atoms with E-state index >= 15 is 0 Å². The summed E-state index contributed by atoms with van der Waals surface area (Å²) >= 11 is 6.11. The fraction of sp³-hybridized carbons (Fsp3) is 0.500. The highest BCUT2D eigenvalue weighted by Gasteiger charge is 2.28. The Morgan fingerprint density at radius 2 is 2.31 bits per heavy atom. The third-order valence-electron chi connectivity index (χ3n) is 3.27. The van der Waals surface area contributed by atoms with E-state index in [4.69, 9.17) is 17.3 Å². The Kier molecular flexibility index (Phi) is 3.47. The van der Waals surface area contributed by atoms with Crippen LogP contribution in [0.1, 0.15) is 23.6 Å². The molecule has 2 nitrogen and oxygen atoms in total. The molecular formula is C12H16ClFN2. The molecule has 88 valence electrons. The van der Waals surface area contributed by atoms with Crippen molar-refractivity contribution < 1.29 is 4.39 Å². The third-order valence-corrected chi connectivity index (χ3v) is 3.62. The van der Waals surface area contributed by atoms with Crippen LogP contribution in [0, 0.1) is 5.82 Å². The van der Waals surface area contributed by atoms with Crippen LogP contribution in [0.3, 0.4) is 0 Å². The van der Waals surface area contributed by atoms with Gasteiger partial charge in [0.1, 0.15) is 5.82 Å². The van der Waals surface area contributed by atoms with Gasteiger partial charge in [-0.05, 0) is 44.1 Å². The molecule has 0 radical (unpaired) electrons. The summed E-state index contributed by atoms with van der Waals surface area (Å²) < 4.78 is 13.9. The van der Waals surface area contributed by atoms with Gasteiger partial charge in [0.15, 0.2) is 0 Å². The molecule has 2 N–H and O–H groups in total. The molecule has 0 aliphatic carbocycles. The van der Waals surface area contributed by atoms with E-state index in [0.717, 1.165) is 30.5 Å². The molecule has 16 heavy (non-hydrogen) atoms. The lowest BCUT2D eigenvalue weighted by Crippen LogP contribution is -2.34. The summed E-state index contributed by atoms with van der Waals surface area (Å²) in [5.74, 6) is -0.163. The van der Waals surface area contributed by atoms with E-state index < -0.39 is 0 Å². The van der Waals surface area contributed by atoms with Crippen LogP contribution in [0.15, 0.2) is 12.1 Å². The third kappa shape index (κ3) is 1.95. The fourth-order valence-electron chi connectivity index (χ4n) is 2.41. The molecule has 1 unspecified atom stereocenters. The second-order valence-electron chi connectivity index (χ2n) is 4.25. The highest BCUT2D eigenvalue weighted by Crippen LogP contribution is 2.36. The van der Waals surface area contributed by atoms with Gasteiger partial charge in [0.2, 0.25) is 0 Å². The topological polar surface area (TPSA) is 29.3 Å². The molecule has 0 amide bonds. The number of likely N-dealkylation sites (N-methyl/N-ethyl adjacent to an activating group) is 1. The van der Waals surface area contributed by atoms with Crippen molar-refractivity contribution in [2.75, 3.05) is 20.1 Å². The van der Waals surface area contributed by atoms with Gasteiger partial charge in [-0.15, -0.1) is 0 Å². The number of hydrogen-bond donors (Lipinski definition) is 1. The van der Waals surface area contributed by atoms with Gasteiger partial charge in [-0.25, -0.2) is 4.39 Å². The van der Waals surface area contributed by atoms with Gasteiger partial charge >= 0.3 is 0 Å². The summed E-state index contributed by atoms with van der Waals surface area (Å²) in [6.45, 7) is 1.46. The van der Waals surface area contributed by atoms with Gasteiger partial charge in [0, 0.05) is 23.2 Å². The van der Waals surface area contributed by atoms with Crippen molar-refractivity contribution in [1.29, 1.82) is 0 Å². The number of nitrogens with two attached hydrogens (primary N) is 1. The Balaban J connectivity index is 2.49. The summed E-state index contributed by atoms with van der Waals surface area (Å²) in [5.41, 5.74) is 7.28. The zero-order valence-electron chi connectivity index (χ0n) is 9.34. The van der Waals surface area contributed by atoms with Gasteiger partial charge < -0.3 is 5.73 Å². The quantitative estimate of drug-likeness (QED) is 0.863. The van der Waals surface area contributed by atoms with Crippen molar-refractivity contribution in [3.63, 3.8) is 0 Å². The van der Waals surface area contributed by atoms with E-state index in [9.17, 15) is 4.39 Å². The Bertz CT molecular complexity index is 395. The highest BCUT2D eigenvalue weighted by atomic mass is 35.5. The first kappa shape index (κ1) is 11.8. The number of hydrogen-bond acceptors (Lipinski definition) is 2. The van der Waals surface area contributed by atoms with Gasteiger partial charge in [-0.3, -0.25) is 4.90 Å². The van der Waals surface area contributed by atoms with Crippen LogP contribution < -0.4 is 5.73 Å². The first-order valence-corrected chi connectivity index (χ1v) is 5.90. The lowest BCUT2D eigenvalue weighted by molar-refractivity contribution is 0.216. The second kappa shape index (κ2) is 4.70. The summed E-state index contributed by atoms with van der Waals surface area (Å²) in [6.07, 6.45) is 1.57. The molecule has 1 aromatic rings. The Morgan fingerprint density at radius 1 is 1.56 bits per heavy atom. The molecule has 0 saturated heterocycles. The van der Waals surface area contributed by atoms with Crippen LogP contribution in [0.4, 0.5) is 4.39 Å². The predicted octanol–water partition coefficient (Wildman–Crippen LogP) is 2.36. The minimum atomic E-state index is -0.163. The Morgan fingerprint density at radius 3 is 3.00 bits per heavy atom. The average Bonchev–Trinajstić information content (AvgIpc) is 2.27. The molecule has 0 aromatic heterocycles. The smallest absolute Gasteiger partial charge is 0.128 e. The first-order chi connectivity index (χ1) is 7.65. The van der Waals surface area contributed by atoms with Crippen LogP contribution in [-0.4, -0.2) is 25.0 Å². The lowest BCUT2D eigenvalue weighted by Gasteiger charge is -2.35. The molecular weight excluding hydrogens is 227 g/mol. The lowest BCUT2D eigenvalue weighted by atomic mass is 9.90. The number of fused-ring (bicyclic) bond motifs is 1. The van der Waals surface area contributed by atoms with E-state index in [2.05, 4.69) is 4.90 Å². The SMILES string of the molecule is CN1CCc2c(Cl)ccc(F)c2C1CCN. The van der Waals surface area contributed by atoms with Gasteiger partial charge in [-0.2, -0.15) is 0 Å². The largest absolute Gasteiger partial charge is 0.330 e. The van der Waals surface area contributed by atoms with E-state index in [1.807, 2.05) is 7.05 Å². The monoisotopic (exact) mass is 242 g/mol. The van der Waals surface area contributed by atoms with Gasteiger partial charge in [0.25, 0.3) is 0 Å². The Hall–Kier alpha value is -0.640. The van der Waals surface area contributed by atoms with Crippen LogP contribution in [0.2, 0.25) is 5.02 Å². The van der Waals surface area contributed by atoms with E-state index in [0.29, 0.717) is 11.6 Å².